The van der Waals surface area contributed by atoms with E-state index in [1.165, 1.54) is 6.07 Å². The molecule has 0 radical (unpaired) electrons. The molecule has 18 heavy (non-hydrogen) atoms. The van der Waals surface area contributed by atoms with Crippen molar-refractivity contribution >= 4 is 16.7 Å². The maximum atomic E-state index is 13.1. The Bertz CT molecular complexity index is 734. The standard InChI is InChI=1S/C13H9F2N3/c14-9-3-1-7(5-10(9)15)13-17-11-4-2-8(16)6-12(11)18-13/h1-6H,16H2,(H,17,18). The van der Waals surface area contributed by atoms with Crippen LogP contribution in [0.2, 0.25) is 0 Å². The Kier molecular flexibility index (Phi) is 2.26. The summed E-state index contributed by atoms with van der Waals surface area (Å²) in [4.78, 5) is 7.32. The van der Waals surface area contributed by atoms with E-state index in [1.54, 1.807) is 18.2 Å². The largest absolute Gasteiger partial charge is 0.399 e. The minimum absolute atomic E-state index is 0.481. The van der Waals surface area contributed by atoms with Crippen LogP contribution >= 0.6 is 0 Å². The molecule has 1 heterocycles. The maximum Gasteiger partial charge on any atom is 0.159 e. The van der Waals surface area contributed by atoms with Crippen LogP contribution in [0.15, 0.2) is 36.4 Å². The van der Waals surface area contributed by atoms with Gasteiger partial charge in [-0.15, -0.1) is 0 Å². The average molecular weight is 245 g/mol. The number of nitrogens with zero attached hydrogens (tertiary/aromatic N) is 1. The number of aromatic amines is 1. The van der Waals surface area contributed by atoms with E-state index < -0.39 is 11.6 Å². The maximum absolute atomic E-state index is 13.1. The van der Waals surface area contributed by atoms with Crippen molar-refractivity contribution in [3.63, 3.8) is 0 Å². The first-order valence-electron chi connectivity index (χ1n) is 5.34. The van der Waals surface area contributed by atoms with E-state index in [1.807, 2.05) is 0 Å². The molecule has 0 aliphatic heterocycles. The van der Waals surface area contributed by atoms with E-state index >= 15 is 0 Å². The van der Waals surface area contributed by atoms with Gasteiger partial charge in [-0.25, -0.2) is 13.8 Å². The van der Waals surface area contributed by atoms with E-state index in [2.05, 4.69) is 9.97 Å². The van der Waals surface area contributed by atoms with Crippen molar-refractivity contribution in [2.24, 2.45) is 0 Å². The fourth-order valence-electron chi connectivity index (χ4n) is 1.80. The van der Waals surface area contributed by atoms with Crippen molar-refractivity contribution < 1.29 is 8.78 Å². The molecule has 5 heteroatoms. The number of fused-ring (bicyclic) bond motifs is 1. The molecule has 1 aromatic heterocycles. The van der Waals surface area contributed by atoms with Crippen LogP contribution in [0.4, 0.5) is 14.5 Å². The molecule has 3 N–H and O–H groups in total. The molecule has 0 spiro atoms. The zero-order valence-electron chi connectivity index (χ0n) is 9.24. The van der Waals surface area contributed by atoms with E-state index in [4.69, 9.17) is 5.73 Å². The van der Waals surface area contributed by atoms with Crippen LogP contribution in [0, 0.1) is 11.6 Å². The van der Waals surface area contributed by atoms with Crippen molar-refractivity contribution in [1.29, 1.82) is 0 Å². The molecule has 3 rings (SSSR count). The molecule has 0 amide bonds. The third-order valence-electron chi connectivity index (χ3n) is 2.70. The molecular weight excluding hydrogens is 236 g/mol. The van der Waals surface area contributed by atoms with Crippen LogP contribution < -0.4 is 5.73 Å². The fraction of sp³-hybridized carbons (Fsp3) is 0. The lowest BCUT2D eigenvalue weighted by molar-refractivity contribution is 0.509. The number of nitrogen functional groups attached to an aromatic ring is 1. The van der Waals surface area contributed by atoms with E-state index in [9.17, 15) is 8.78 Å². The van der Waals surface area contributed by atoms with Crippen LogP contribution in [-0.4, -0.2) is 9.97 Å². The Morgan fingerprint density at radius 2 is 1.83 bits per heavy atom. The highest BCUT2D eigenvalue weighted by molar-refractivity contribution is 5.82. The number of anilines is 1. The number of aromatic nitrogens is 2. The van der Waals surface area contributed by atoms with Gasteiger partial charge in [0, 0.05) is 11.3 Å². The number of hydrogen-bond acceptors (Lipinski definition) is 2. The number of nitrogens with two attached hydrogens (primary N) is 1. The van der Waals surface area contributed by atoms with Gasteiger partial charge in [-0.05, 0) is 36.4 Å². The van der Waals surface area contributed by atoms with E-state index in [0.717, 1.165) is 17.6 Å². The van der Waals surface area contributed by atoms with Gasteiger partial charge in [0.1, 0.15) is 5.82 Å². The lowest BCUT2D eigenvalue weighted by Crippen LogP contribution is -1.86. The Balaban J connectivity index is 2.16. The van der Waals surface area contributed by atoms with Crippen LogP contribution in [0.5, 0.6) is 0 Å². The summed E-state index contributed by atoms with van der Waals surface area (Å²) in [7, 11) is 0. The molecule has 0 saturated carbocycles. The van der Waals surface area contributed by atoms with Gasteiger partial charge in [-0.2, -0.15) is 0 Å². The minimum atomic E-state index is -0.896. The minimum Gasteiger partial charge on any atom is -0.399 e. The van der Waals surface area contributed by atoms with Gasteiger partial charge in [0.15, 0.2) is 11.6 Å². The van der Waals surface area contributed by atoms with Gasteiger partial charge in [0.05, 0.1) is 11.0 Å². The van der Waals surface area contributed by atoms with E-state index in [-0.39, 0.29) is 0 Å². The van der Waals surface area contributed by atoms with Crippen LogP contribution in [-0.2, 0) is 0 Å². The number of halogens is 2. The van der Waals surface area contributed by atoms with Gasteiger partial charge in [-0.3, -0.25) is 0 Å². The Morgan fingerprint density at radius 1 is 1.00 bits per heavy atom. The number of H-pyrrole nitrogens is 1. The molecule has 0 saturated heterocycles. The van der Waals surface area contributed by atoms with Gasteiger partial charge in [0.2, 0.25) is 0 Å². The predicted octanol–water partition coefficient (Wildman–Crippen LogP) is 3.09. The first-order chi connectivity index (χ1) is 8.63. The number of rotatable bonds is 1. The Hall–Kier alpha value is -2.43. The molecule has 0 aliphatic rings. The second kappa shape index (κ2) is 3.80. The summed E-state index contributed by atoms with van der Waals surface area (Å²) in [5, 5.41) is 0. The molecule has 3 aromatic rings. The van der Waals surface area contributed by atoms with Crippen molar-refractivity contribution in [1.82, 2.24) is 9.97 Å². The summed E-state index contributed by atoms with van der Waals surface area (Å²) in [6.45, 7) is 0. The lowest BCUT2D eigenvalue weighted by Gasteiger charge is -1.97. The number of hydrogen-bond donors (Lipinski definition) is 2. The van der Waals surface area contributed by atoms with Crippen LogP contribution in [0.25, 0.3) is 22.4 Å². The number of benzene rings is 2. The summed E-state index contributed by atoms with van der Waals surface area (Å²) in [5.41, 5.74) is 8.23. The quantitative estimate of drug-likeness (QED) is 0.647. The molecule has 0 aliphatic carbocycles. The normalized spacial score (nSPS) is 11.0. The highest BCUT2D eigenvalue weighted by atomic mass is 19.2. The molecular formula is C13H9F2N3. The SMILES string of the molecule is Nc1ccc2[nH]c(-c3ccc(F)c(F)c3)nc2c1. The first kappa shape index (κ1) is 10.7. The molecule has 0 atom stereocenters. The molecule has 0 unspecified atom stereocenters. The van der Waals surface area contributed by atoms with Crippen molar-refractivity contribution in [2.45, 2.75) is 0 Å². The highest BCUT2D eigenvalue weighted by Crippen LogP contribution is 2.23. The molecule has 90 valence electrons. The summed E-state index contributed by atoms with van der Waals surface area (Å²) < 4.78 is 26.0. The fourth-order valence-corrected chi connectivity index (χ4v) is 1.80. The second-order valence-electron chi connectivity index (χ2n) is 3.99. The van der Waals surface area contributed by atoms with E-state index in [0.29, 0.717) is 22.6 Å². The van der Waals surface area contributed by atoms with Crippen LogP contribution in [0.1, 0.15) is 0 Å². The third kappa shape index (κ3) is 1.69. The number of nitrogens with one attached hydrogen (secondary N) is 1. The average Bonchev–Trinajstić information content (AvgIpc) is 2.75. The second-order valence-corrected chi connectivity index (χ2v) is 3.99. The summed E-state index contributed by atoms with van der Waals surface area (Å²) in [6.07, 6.45) is 0. The molecule has 3 nitrogen and oxygen atoms in total. The number of imidazole rings is 1. The lowest BCUT2D eigenvalue weighted by atomic mass is 10.2. The van der Waals surface area contributed by atoms with Gasteiger partial charge < -0.3 is 10.7 Å². The molecule has 0 bridgehead atoms. The molecule has 2 aromatic carbocycles. The third-order valence-corrected chi connectivity index (χ3v) is 2.70. The van der Waals surface area contributed by atoms with Crippen molar-refractivity contribution in [2.75, 3.05) is 5.73 Å². The van der Waals surface area contributed by atoms with Gasteiger partial charge >= 0.3 is 0 Å². The summed E-state index contributed by atoms with van der Waals surface area (Å²) >= 11 is 0. The van der Waals surface area contributed by atoms with Crippen molar-refractivity contribution in [3.05, 3.63) is 48.0 Å². The first-order valence-corrected chi connectivity index (χ1v) is 5.34. The zero-order valence-corrected chi connectivity index (χ0v) is 9.24. The predicted molar refractivity (Wildman–Crippen MR) is 65.9 cm³/mol. The zero-order chi connectivity index (χ0) is 12.7. The summed E-state index contributed by atoms with van der Waals surface area (Å²) in [5.74, 6) is -1.29. The van der Waals surface area contributed by atoms with Gasteiger partial charge in [0.25, 0.3) is 0 Å². The van der Waals surface area contributed by atoms with Gasteiger partial charge in [-0.1, -0.05) is 0 Å². The Morgan fingerprint density at radius 3 is 2.61 bits per heavy atom. The highest BCUT2D eigenvalue weighted by Gasteiger charge is 2.08. The smallest absolute Gasteiger partial charge is 0.159 e. The summed E-state index contributed by atoms with van der Waals surface area (Å²) in [6, 6.07) is 8.91. The monoisotopic (exact) mass is 245 g/mol. The topological polar surface area (TPSA) is 54.7 Å². The Labute approximate surface area is 101 Å². The van der Waals surface area contributed by atoms with Crippen molar-refractivity contribution in [3.8, 4) is 11.4 Å². The molecule has 0 fully saturated rings. The van der Waals surface area contributed by atoms with Crippen LogP contribution in [0.3, 0.4) is 0 Å².